The molecule has 0 spiro atoms. The first-order valence-corrected chi connectivity index (χ1v) is 8.67. The fraction of sp³-hybridized carbons (Fsp3) is 0.389. The Kier molecular flexibility index (Phi) is 3.22. The molecular weight excluding hydrogens is 338 g/mol. The smallest absolute Gasteiger partial charge is 0.356 e. The van der Waals surface area contributed by atoms with Crippen LogP contribution in [0.4, 0.5) is 0 Å². The number of H-pyrrole nitrogens is 1. The number of ether oxygens (including phenoxy) is 2. The molecule has 1 saturated carbocycles. The molecule has 134 valence electrons. The van der Waals surface area contributed by atoms with Gasteiger partial charge >= 0.3 is 5.97 Å². The fourth-order valence-corrected chi connectivity index (χ4v) is 3.68. The highest BCUT2D eigenvalue weighted by Crippen LogP contribution is 2.43. The molecule has 2 N–H and O–H groups in total. The van der Waals surface area contributed by atoms with Crippen LogP contribution in [-0.2, 0) is 9.47 Å². The zero-order valence-corrected chi connectivity index (χ0v) is 13.9. The average Bonchev–Trinajstić information content (AvgIpc) is 3.40. The largest absolute Gasteiger partial charge is 0.490 e. The molecule has 0 aromatic carbocycles. The normalized spacial score (nSPS) is 22.1. The van der Waals surface area contributed by atoms with Gasteiger partial charge in [0.15, 0.2) is 11.5 Å². The molecule has 8 heteroatoms. The summed E-state index contributed by atoms with van der Waals surface area (Å²) < 4.78 is 12.6. The van der Waals surface area contributed by atoms with Crippen molar-refractivity contribution >= 4 is 11.5 Å². The molecule has 1 aliphatic heterocycles. The van der Waals surface area contributed by atoms with Crippen LogP contribution in [0.15, 0.2) is 34.7 Å². The van der Waals surface area contributed by atoms with Gasteiger partial charge in [0.05, 0.1) is 0 Å². The maximum absolute atomic E-state index is 12.7. The van der Waals surface area contributed by atoms with Crippen LogP contribution in [0.2, 0.25) is 0 Å². The van der Waals surface area contributed by atoms with Crippen LogP contribution in [0.3, 0.4) is 0 Å². The molecule has 3 aliphatic rings. The maximum atomic E-state index is 12.7. The van der Waals surface area contributed by atoms with Crippen LogP contribution in [0, 0.1) is 0 Å². The van der Waals surface area contributed by atoms with Gasteiger partial charge in [0.1, 0.15) is 24.5 Å². The summed E-state index contributed by atoms with van der Waals surface area (Å²) in [5, 5.41) is 13.6. The summed E-state index contributed by atoms with van der Waals surface area (Å²) in [5.74, 6) is 0.431. The molecule has 1 atom stereocenters. The van der Waals surface area contributed by atoms with Crippen molar-refractivity contribution in [1.29, 1.82) is 0 Å². The Bertz CT molecular complexity index is 1040. The van der Waals surface area contributed by atoms with E-state index < -0.39 is 5.97 Å². The third kappa shape index (κ3) is 2.33. The SMILES string of the molecule is O=C(O)c1nn2cc(C3C=CC4=C(C3)OCCO4)[nH]c(=O)c2c1C1CC1. The van der Waals surface area contributed by atoms with E-state index in [2.05, 4.69) is 10.1 Å². The molecule has 3 heterocycles. The van der Waals surface area contributed by atoms with Crippen molar-refractivity contribution in [2.24, 2.45) is 0 Å². The van der Waals surface area contributed by atoms with Crippen molar-refractivity contribution in [1.82, 2.24) is 14.6 Å². The predicted octanol–water partition coefficient (Wildman–Crippen LogP) is 1.90. The number of hydrogen-bond acceptors (Lipinski definition) is 5. The van der Waals surface area contributed by atoms with E-state index in [0.29, 0.717) is 36.4 Å². The Morgan fingerprint density at radius 1 is 1.31 bits per heavy atom. The molecule has 0 bridgehead atoms. The first-order valence-electron chi connectivity index (χ1n) is 8.67. The summed E-state index contributed by atoms with van der Waals surface area (Å²) in [6, 6.07) is 0. The molecule has 5 rings (SSSR count). The Morgan fingerprint density at radius 2 is 2.12 bits per heavy atom. The number of allylic oxidation sites excluding steroid dienone is 3. The van der Waals surface area contributed by atoms with E-state index in [9.17, 15) is 14.7 Å². The minimum absolute atomic E-state index is 0.0247. The molecule has 0 radical (unpaired) electrons. The van der Waals surface area contributed by atoms with Crippen molar-refractivity contribution in [3.05, 3.63) is 57.2 Å². The van der Waals surface area contributed by atoms with Crippen molar-refractivity contribution in [2.75, 3.05) is 13.2 Å². The van der Waals surface area contributed by atoms with Crippen molar-refractivity contribution in [3.63, 3.8) is 0 Å². The number of aromatic amines is 1. The van der Waals surface area contributed by atoms with Gasteiger partial charge in [-0.25, -0.2) is 9.31 Å². The standard InChI is InChI=1S/C18H17N3O5/c22-17-16-14(9-1-2-9)15(18(23)24)20-21(16)8-11(19-17)10-3-4-12-13(7-10)26-6-5-25-12/h3-4,8-10H,1-2,5-7H2,(H,19,22)(H,23,24). The second-order valence-electron chi connectivity index (χ2n) is 6.83. The third-order valence-electron chi connectivity index (χ3n) is 5.05. The molecule has 2 aromatic rings. The zero-order chi connectivity index (χ0) is 17.8. The number of nitrogens with one attached hydrogen (secondary N) is 1. The Balaban J connectivity index is 1.58. The van der Waals surface area contributed by atoms with Crippen LogP contribution in [0.5, 0.6) is 0 Å². The molecule has 2 aromatic heterocycles. The third-order valence-corrected chi connectivity index (χ3v) is 5.05. The lowest BCUT2D eigenvalue weighted by Crippen LogP contribution is -2.20. The number of carbonyl (C=O) groups is 1. The highest BCUT2D eigenvalue weighted by molar-refractivity contribution is 5.90. The zero-order valence-electron chi connectivity index (χ0n) is 13.9. The second-order valence-corrected chi connectivity index (χ2v) is 6.83. The molecule has 0 amide bonds. The topological polar surface area (TPSA) is 106 Å². The summed E-state index contributed by atoms with van der Waals surface area (Å²) in [4.78, 5) is 27.2. The van der Waals surface area contributed by atoms with Gasteiger partial charge in [0, 0.05) is 29.8 Å². The maximum Gasteiger partial charge on any atom is 0.356 e. The Morgan fingerprint density at radius 3 is 2.88 bits per heavy atom. The van der Waals surface area contributed by atoms with E-state index in [1.165, 1.54) is 4.52 Å². The molecular formula is C18H17N3O5. The summed E-state index contributed by atoms with van der Waals surface area (Å²) in [6.45, 7) is 1.05. The van der Waals surface area contributed by atoms with Gasteiger partial charge in [-0.3, -0.25) is 4.79 Å². The van der Waals surface area contributed by atoms with Crippen LogP contribution in [-0.4, -0.2) is 38.9 Å². The lowest BCUT2D eigenvalue weighted by Gasteiger charge is -2.26. The highest BCUT2D eigenvalue weighted by atomic mass is 16.6. The summed E-state index contributed by atoms with van der Waals surface area (Å²) >= 11 is 0. The molecule has 26 heavy (non-hydrogen) atoms. The van der Waals surface area contributed by atoms with Gasteiger partial charge in [-0.15, -0.1) is 0 Å². The van der Waals surface area contributed by atoms with Crippen molar-refractivity contribution in [3.8, 4) is 0 Å². The highest BCUT2D eigenvalue weighted by Gasteiger charge is 2.34. The second kappa shape index (κ2) is 5.48. The molecule has 0 saturated heterocycles. The van der Waals surface area contributed by atoms with E-state index in [1.54, 1.807) is 6.20 Å². The quantitative estimate of drug-likeness (QED) is 0.871. The summed E-state index contributed by atoms with van der Waals surface area (Å²) in [6.07, 6.45) is 7.88. The van der Waals surface area contributed by atoms with Crippen LogP contribution in [0.1, 0.15) is 52.8 Å². The van der Waals surface area contributed by atoms with Gasteiger partial charge in [0.2, 0.25) is 0 Å². The number of aromatic nitrogens is 3. The minimum Gasteiger partial charge on any atom is -0.490 e. The lowest BCUT2D eigenvalue weighted by atomic mass is 9.95. The van der Waals surface area contributed by atoms with E-state index in [0.717, 1.165) is 24.4 Å². The van der Waals surface area contributed by atoms with Crippen LogP contribution >= 0.6 is 0 Å². The molecule has 1 unspecified atom stereocenters. The van der Waals surface area contributed by atoms with E-state index >= 15 is 0 Å². The lowest BCUT2D eigenvalue weighted by molar-refractivity contribution is 0.0616. The van der Waals surface area contributed by atoms with Gasteiger partial charge in [-0.2, -0.15) is 5.10 Å². The van der Waals surface area contributed by atoms with Crippen LogP contribution in [0.25, 0.3) is 5.52 Å². The monoisotopic (exact) mass is 355 g/mol. The van der Waals surface area contributed by atoms with E-state index in [1.807, 2.05) is 12.2 Å². The van der Waals surface area contributed by atoms with Crippen molar-refractivity contribution < 1.29 is 19.4 Å². The Labute approximate surface area is 147 Å². The molecule has 2 aliphatic carbocycles. The summed E-state index contributed by atoms with van der Waals surface area (Å²) in [7, 11) is 0. The summed E-state index contributed by atoms with van der Waals surface area (Å²) in [5.41, 5.74) is 1.23. The number of carboxylic acids is 1. The predicted molar refractivity (Wildman–Crippen MR) is 90.2 cm³/mol. The number of carboxylic acid groups (broad SMARTS) is 1. The van der Waals surface area contributed by atoms with E-state index in [-0.39, 0.29) is 23.1 Å². The van der Waals surface area contributed by atoms with Gasteiger partial charge < -0.3 is 19.6 Å². The van der Waals surface area contributed by atoms with Gasteiger partial charge in [0.25, 0.3) is 5.56 Å². The number of rotatable bonds is 3. The first kappa shape index (κ1) is 15.2. The minimum atomic E-state index is -1.10. The van der Waals surface area contributed by atoms with E-state index in [4.69, 9.17) is 9.47 Å². The Hall–Kier alpha value is -3.03. The molecule has 1 fully saturated rings. The van der Waals surface area contributed by atoms with Gasteiger partial charge in [-0.1, -0.05) is 6.08 Å². The first-order chi connectivity index (χ1) is 12.6. The molecule has 8 nitrogen and oxygen atoms in total. The average molecular weight is 355 g/mol. The van der Waals surface area contributed by atoms with Crippen molar-refractivity contribution in [2.45, 2.75) is 31.1 Å². The van der Waals surface area contributed by atoms with Gasteiger partial charge in [-0.05, 0) is 24.8 Å². The van der Waals surface area contributed by atoms with Crippen LogP contribution < -0.4 is 5.56 Å². The number of nitrogens with zero attached hydrogens (tertiary/aromatic N) is 2. The fourth-order valence-electron chi connectivity index (χ4n) is 3.68. The number of fused-ring (bicyclic) bond motifs is 1. The number of aromatic carboxylic acids is 1. The number of hydrogen-bond donors (Lipinski definition) is 2.